The van der Waals surface area contributed by atoms with Crippen LogP contribution in [0.5, 0.6) is 0 Å². The molecule has 3 nitrogen and oxygen atoms in total. The molecule has 13 heavy (non-hydrogen) atoms. The van der Waals surface area contributed by atoms with E-state index in [1.165, 1.54) is 6.08 Å². The summed E-state index contributed by atoms with van der Waals surface area (Å²) in [5, 5.41) is 10.1. The van der Waals surface area contributed by atoms with Crippen LogP contribution in [-0.4, -0.2) is 4.92 Å². The highest BCUT2D eigenvalue weighted by atomic mass is 16.6. The normalized spacial score (nSPS) is 10.5. The van der Waals surface area contributed by atoms with Gasteiger partial charge in [-0.1, -0.05) is 31.2 Å². The van der Waals surface area contributed by atoms with E-state index < -0.39 is 4.92 Å². The van der Waals surface area contributed by atoms with Gasteiger partial charge in [0.2, 0.25) is 6.20 Å². The minimum absolute atomic E-state index is 0.452. The summed E-state index contributed by atoms with van der Waals surface area (Å²) in [6.45, 7) is 2.03. The number of aryl methyl sites for hydroxylation is 1. The van der Waals surface area contributed by atoms with Gasteiger partial charge in [-0.2, -0.15) is 0 Å². The van der Waals surface area contributed by atoms with E-state index >= 15 is 0 Å². The summed E-state index contributed by atoms with van der Waals surface area (Å²) in [5.41, 5.74) is 2.04. The van der Waals surface area contributed by atoms with Crippen molar-refractivity contribution < 1.29 is 4.92 Å². The summed E-state index contributed by atoms with van der Waals surface area (Å²) in [4.78, 5) is 9.64. The zero-order chi connectivity index (χ0) is 9.68. The first-order chi connectivity index (χ1) is 6.24. The number of nitrogens with zero attached hydrogens (tertiary/aromatic N) is 1. The Balaban J connectivity index is 2.93. The molecule has 1 aromatic carbocycles. The monoisotopic (exact) mass is 177 g/mol. The highest BCUT2D eigenvalue weighted by molar-refractivity contribution is 5.52. The van der Waals surface area contributed by atoms with Crippen LogP contribution in [0, 0.1) is 10.1 Å². The maximum Gasteiger partial charge on any atom is 0.235 e. The van der Waals surface area contributed by atoms with Crippen LogP contribution in [0.4, 0.5) is 0 Å². The molecule has 3 heteroatoms. The molecule has 0 aromatic heterocycles. The summed E-state index contributed by atoms with van der Waals surface area (Å²) in [7, 11) is 0. The summed E-state index contributed by atoms with van der Waals surface area (Å²) in [5.74, 6) is 0. The van der Waals surface area contributed by atoms with Crippen molar-refractivity contribution in [3.8, 4) is 0 Å². The molecule has 0 bridgehead atoms. The average Bonchev–Trinajstić information content (AvgIpc) is 2.15. The van der Waals surface area contributed by atoms with E-state index in [0.29, 0.717) is 0 Å². The largest absolute Gasteiger partial charge is 0.259 e. The van der Waals surface area contributed by atoms with Crippen molar-refractivity contribution in [1.82, 2.24) is 0 Å². The van der Waals surface area contributed by atoms with Crippen molar-refractivity contribution in [1.29, 1.82) is 0 Å². The lowest BCUT2D eigenvalue weighted by molar-refractivity contribution is -0.400. The molecular weight excluding hydrogens is 166 g/mol. The average molecular weight is 177 g/mol. The second-order valence-corrected chi connectivity index (χ2v) is 2.65. The van der Waals surface area contributed by atoms with Gasteiger partial charge in [0.25, 0.3) is 0 Å². The summed E-state index contributed by atoms with van der Waals surface area (Å²) >= 11 is 0. The molecule has 0 saturated heterocycles. The van der Waals surface area contributed by atoms with Crippen LogP contribution in [0.1, 0.15) is 18.1 Å². The second kappa shape index (κ2) is 4.40. The van der Waals surface area contributed by atoms with Gasteiger partial charge in [0, 0.05) is 6.08 Å². The van der Waals surface area contributed by atoms with E-state index in [0.717, 1.165) is 23.7 Å². The molecule has 0 aliphatic carbocycles. The molecule has 0 atom stereocenters. The third-order valence-corrected chi connectivity index (χ3v) is 1.81. The molecule has 0 spiro atoms. The Kier molecular flexibility index (Phi) is 3.20. The van der Waals surface area contributed by atoms with Gasteiger partial charge in [-0.05, 0) is 17.5 Å². The van der Waals surface area contributed by atoms with Crippen LogP contribution in [-0.2, 0) is 6.42 Å². The van der Waals surface area contributed by atoms with Crippen molar-refractivity contribution in [2.75, 3.05) is 0 Å². The molecule has 1 aromatic rings. The van der Waals surface area contributed by atoms with Crippen molar-refractivity contribution >= 4 is 6.08 Å². The van der Waals surface area contributed by atoms with Crippen LogP contribution >= 0.6 is 0 Å². The molecule has 0 saturated carbocycles. The molecule has 0 amide bonds. The Bertz CT molecular complexity index is 331. The molecule has 0 aliphatic heterocycles. The smallest absolute Gasteiger partial charge is 0.235 e. The number of benzene rings is 1. The fourth-order valence-electron chi connectivity index (χ4n) is 1.16. The van der Waals surface area contributed by atoms with E-state index in [-0.39, 0.29) is 0 Å². The molecule has 0 fully saturated rings. The number of rotatable bonds is 3. The molecule has 68 valence electrons. The first-order valence-corrected chi connectivity index (χ1v) is 4.13. The van der Waals surface area contributed by atoms with Crippen LogP contribution in [0.25, 0.3) is 6.08 Å². The van der Waals surface area contributed by atoms with Gasteiger partial charge in [-0.15, -0.1) is 0 Å². The predicted octanol–water partition coefficient (Wildman–Crippen LogP) is 2.50. The molecule has 0 heterocycles. The van der Waals surface area contributed by atoms with E-state index in [1.807, 2.05) is 31.2 Å². The quantitative estimate of drug-likeness (QED) is 0.525. The van der Waals surface area contributed by atoms with Gasteiger partial charge in [-0.25, -0.2) is 0 Å². The zero-order valence-electron chi connectivity index (χ0n) is 7.43. The topological polar surface area (TPSA) is 43.1 Å². The Hall–Kier alpha value is -1.64. The minimum atomic E-state index is -0.452. The number of hydrogen-bond acceptors (Lipinski definition) is 2. The zero-order valence-corrected chi connectivity index (χ0v) is 7.43. The fourth-order valence-corrected chi connectivity index (χ4v) is 1.16. The maximum atomic E-state index is 10.1. The Morgan fingerprint density at radius 1 is 1.46 bits per heavy atom. The number of hydrogen-bond donors (Lipinski definition) is 0. The minimum Gasteiger partial charge on any atom is -0.259 e. The standard InChI is InChI=1S/C10H11NO2/c1-2-9-5-3-4-6-10(9)7-8-11(12)13/h3-8H,2H2,1H3/b8-7+. The third-order valence-electron chi connectivity index (χ3n) is 1.81. The summed E-state index contributed by atoms with van der Waals surface area (Å²) in [6.07, 6.45) is 3.38. The first-order valence-electron chi connectivity index (χ1n) is 4.13. The third kappa shape index (κ3) is 2.71. The predicted molar refractivity (Wildman–Crippen MR) is 51.8 cm³/mol. The molecule has 0 aliphatic rings. The van der Waals surface area contributed by atoms with E-state index in [9.17, 15) is 10.1 Å². The van der Waals surface area contributed by atoms with Crippen LogP contribution in [0.3, 0.4) is 0 Å². The lowest BCUT2D eigenvalue weighted by atomic mass is 10.1. The Morgan fingerprint density at radius 2 is 2.15 bits per heavy atom. The van der Waals surface area contributed by atoms with Gasteiger partial charge in [-0.3, -0.25) is 10.1 Å². The van der Waals surface area contributed by atoms with Crippen LogP contribution in [0.2, 0.25) is 0 Å². The highest BCUT2D eigenvalue weighted by Gasteiger charge is 1.96. The van der Waals surface area contributed by atoms with Crippen LogP contribution < -0.4 is 0 Å². The van der Waals surface area contributed by atoms with Crippen molar-refractivity contribution in [2.24, 2.45) is 0 Å². The molecule has 0 unspecified atom stereocenters. The van der Waals surface area contributed by atoms with Gasteiger partial charge in [0.1, 0.15) is 0 Å². The molecule has 0 N–H and O–H groups in total. The van der Waals surface area contributed by atoms with E-state index in [4.69, 9.17) is 0 Å². The highest BCUT2D eigenvalue weighted by Crippen LogP contribution is 2.10. The van der Waals surface area contributed by atoms with Gasteiger partial charge in [0.15, 0.2) is 0 Å². The Labute approximate surface area is 76.9 Å². The maximum absolute atomic E-state index is 10.1. The lowest BCUT2D eigenvalue weighted by Gasteiger charge is -1.99. The van der Waals surface area contributed by atoms with Crippen molar-refractivity contribution in [2.45, 2.75) is 13.3 Å². The van der Waals surface area contributed by atoms with Crippen molar-refractivity contribution in [3.63, 3.8) is 0 Å². The SMILES string of the molecule is CCc1ccccc1/C=C/[N+](=O)[O-]. The van der Waals surface area contributed by atoms with E-state index in [1.54, 1.807) is 0 Å². The van der Waals surface area contributed by atoms with Crippen molar-refractivity contribution in [3.05, 3.63) is 51.7 Å². The number of nitro groups is 1. The summed E-state index contributed by atoms with van der Waals surface area (Å²) in [6, 6.07) is 7.65. The van der Waals surface area contributed by atoms with E-state index in [2.05, 4.69) is 0 Å². The van der Waals surface area contributed by atoms with Gasteiger partial charge in [0.05, 0.1) is 4.92 Å². The first kappa shape index (κ1) is 9.45. The molecule has 0 radical (unpaired) electrons. The Morgan fingerprint density at radius 3 is 2.77 bits per heavy atom. The summed E-state index contributed by atoms with van der Waals surface area (Å²) < 4.78 is 0. The second-order valence-electron chi connectivity index (χ2n) is 2.65. The van der Waals surface area contributed by atoms with Crippen LogP contribution in [0.15, 0.2) is 30.5 Å². The molecule has 1 rings (SSSR count). The van der Waals surface area contributed by atoms with Gasteiger partial charge >= 0.3 is 0 Å². The lowest BCUT2D eigenvalue weighted by Crippen LogP contribution is -1.87. The molecular formula is C10H11NO2. The van der Waals surface area contributed by atoms with Gasteiger partial charge < -0.3 is 0 Å². The fraction of sp³-hybridized carbons (Fsp3) is 0.200.